The van der Waals surface area contributed by atoms with E-state index in [1.54, 1.807) is 11.5 Å². The third-order valence-electron chi connectivity index (χ3n) is 5.03. The molecule has 0 saturated heterocycles. The van der Waals surface area contributed by atoms with Gasteiger partial charge in [0.15, 0.2) is 0 Å². The van der Waals surface area contributed by atoms with Crippen molar-refractivity contribution >= 4 is 5.91 Å². The average molecular weight is 429 g/mol. The van der Waals surface area contributed by atoms with Crippen molar-refractivity contribution < 1.29 is 4.79 Å². The molecule has 9 nitrogen and oxygen atoms in total. The molecule has 0 saturated carbocycles. The number of aryl methyl sites for hydroxylation is 1. The van der Waals surface area contributed by atoms with Crippen LogP contribution in [0.1, 0.15) is 24.0 Å². The van der Waals surface area contributed by atoms with Crippen molar-refractivity contribution in [1.82, 2.24) is 35.5 Å². The topological polar surface area (TPSA) is 118 Å². The second-order valence-corrected chi connectivity index (χ2v) is 7.35. The van der Waals surface area contributed by atoms with E-state index >= 15 is 0 Å². The van der Waals surface area contributed by atoms with Crippen LogP contribution in [0.3, 0.4) is 0 Å². The average Bonchev–Trinajstić information content (AvgIpc) is 3.32. The zero-order valence-electron chi connectivity index (χ0n) is 17.9. The van der Waals surface area contributed by atoms with E-state index < -0.39 is 0 Å². The lowest BCUT2D eigenvalue weighted by atomic mass is 9.98. The van der Waals surface area contributed by atoms with E-state index in [0.717, 1.165) is 22.3 Å². The van der Waals surface area contributed by atoms with Crippen LogP contribution in [-0.2, 0) is 17.8 Å². The highest BCUT2D eigenvalue weighted by molar-refractivity contribution is 5.80. The fourth-order valence-electron chi connectivity index (χ4n) is 3.57. The normalized spacial score (nSPS) is 10.8. The van der Waals surface area contributed by atoms with Crippen molar-refractivity contribution in [3.8, 4) is 22.5 Å². The summed E-state index contributed by atoms with van der Waals surface area (Å²) in [7, 11) is 0. The van der Waals surface area contributed by atoms with Gasteiger partial charge in [0, 0.05) is 23.9 Å². The number of benzene rings is 2. The van der Waals surface area contributed by atoms with E-state index in [1.807, 2.05) is 55.5 Å². The number of aromatic nitrogens is 6. The van der Waals surface area contributed by atoms with Crippen LogP contribution in [-0.4, -0.2) is 42.6 Å². The number of nitrogens with one attached hydrogen (secondary N) is 2. The van der Waals surface area contributed by atoms with Crippen molar-refractivity contribution in [2.75, 3.05) is 6.54 Å². The lowest BCUT2D eigenvalue weighted by Gasteiger charge is -2.13. The number of hydrogen-bond acceptors (Lipinski definition) is 6. The number of aromatic amines is 1. The molecule has 32 heavy (non-hydrogen) atoms. The van der Waals surface area contributed by atoms with Gasteiger partial charge in [0.1, 0.15) is 5.82 Å². The van der Waals surface area contributed by atoms with Gasteiger partial charge in [0.25, 0.3) is 5.56 Å². The summed E-state index contributed by atoms with van der Waals surface area (Å²) in [5.74, 6) is 0.816. The number of rotatable bonds is 7. The fraction of sp³-hybridized carbons (Fsp3) is 0.217. The lowest BCUT2D eigenvalue weighted by Crippen LogP contribution is -2.31. The number of carbonyl (C=O) groups is 1. The molecule has 4 rings (SSSR count). The van der Waals surface area contributed by atoms with Crippen LogP contribution >= 0.6 is 0 Å². The van der Waals surface area contributed by atoms with Crippen molar-refractivity contribution in [3.05, 3.63) is 82.0 Å². The van der Waals surface area contributed by atoms with Gasteiger partial charge in [0.05, 0.1) is 13.0 Å². The molecule has 0 spiro atoms. The standard InChI is InChI=1S/C23H23N7O2/c1-3-24-21(31)13-20-25-15(2)12-22(32)30(20)14-16-8-10-17(11-9-16)18-6-4-5-7-19(18)23-26-28-29-27-23/h4-12H,3,13-14H2,1-2H3,(H,24,31)(H,26,27,28,29). The summed E-state index contributed by atoms with van der Waals surface area (Å²) in [6, 6.07) is 17.2. The molecule has 0 fully saturated rings. The molecule has 4 aromatic rings. The molecule has 0 atom stereocenters. The first kappa shape index (κ1) is 21.1. The van der Waals surface area contributed by atoms with Gasteiger partial charge in [-0.15, -0.1) is 10.2 Å². The number of carbonyl (C=O) groups excluding carboxylic acids is 1. The van der Waals surface area contributed by atoms with Crippen LogP contribution in [0, 0.1) is 6.92 Å². The Hall–Kier alpha value is -4.14. The first-order chi connectivity index (χ1) is 15.5. The van der Waals surface area contributed by atoms with Crippen LogP contribution in [0.5, 0.6) is 0 Å². The highest BCUT2D eigenvalue weighted by atomic mass is 16.1. The summed E-state index contributed by atoms with van der Waals surface area (Å²) in [6.45, 7) is 4.46. The molecular weight excluding hydrogens is 406 g/mol. The molecule has 9 heteroatoms. The summed E-state index contributed by atoms with van der Waals surface area (Å²) in [5, 5.41) is 17.1. The Morgan fingerprint density at radius 1 is 1.09 bits per heavy atom. The summed E-state index contributed by atoms with van der Waals surface area (Å²) in [4.78, 5) is 29.2. The third-order valence-corrected chi connectivity index (χ3v) is 5.03. The summed E-state index contributed by atoms with van der Waals surface area (Å²) >= 11 is 0. The first-order valence-corrected chi connectivity index (χ1v) is 10.3. The quantitative estimate of drug-likeness (QED) is 0.465. The molecule has 1 amide bonds. The minimum Gasteiger partial charge on any atom is -0.356 e. The SMILES string of the molecule is CCNC(=O)Cc1nc(C)cc(=O)n1Cc1ccc(-c2ccccc2-c2nn[nH]n2)cc1. The highest BCUT2D eigenvalue weighted by Gasteiger charge is 2.13. The van der Waals surface area contributed by atoms with Crippen molar-refractivity contribution in [2.24, 2.45) is 0 Å². The van der Waals surface area contributed by atoms with Gasteiger partial charge in [-0.25, -0.2) is 4.98 Å². The van der Waals surface area contributed by atoms with E-state index in [1.165, 1.54) is 6.07 Å². The molecule has 2 aromatic carbocycles. The van der Waals surface area contributed by atoms with Gasteiger partial charge in [-0.3, -0.25) is 14.2 Å². The Morgan fingerprint density at radius 3 is 2.53 bits per heavy atom. The Morgan fingerprint density at radius 2 is 1.84 bits per heavy atom. The van der Waals surface area contributed by atoms with E-state index in [-0.39, 0.29) is 17.9 Å². The third kappa shape index (κ3) is 4.61. The Balaban J connectivity index is 1.62. The van der Waals surface area contributed by atoms with Gasteiger partial charge in [-0.05, 0) is 35.8 Å². The number of tetrazole rings is 1. The Labute approximate surface area is 184 Å². The maximum absolute atomic E-state index is 12.6. The van der Waals surface area contributed by atoms with Gasteiger partial charge < -0.3 is 5.32 Å². The van der Waals surface area contributed by atoms with Crippen LogP contribution in [0.15, 0.2) is 59.4 Å². The second-order valence-electron chi connectivity index (χ2n) is 7.35. The van der Waals surface area contributed by atoms with E-state index in [4.69, 9.17) is 0 Å². The largest absolute Gasteiger partial charge is 0.356 e. The Bertz CT molecular complexity index is 1280. The van der Waals surface area contributed by atoms with Crippen LogP contribution in [0.2, 0.25) is 0 Å². The second kappa shape index (κ2) is 9.34. The molecule has 0 aliphatic carbocycles. The van der Waals surface area contributed by atoms with Gasteiger partial charge in [0.2, 0.25) is 11.7 Å². The molecule has 162 valence electrons. The highest BCUT2D eigenvalue weighted by Crippen LogP contribution is 2.29. The fourth-order valence-corrected chi connectivity index (χ4v) is 3.57. The number of nitrogens with zero attached hydrogens (tertiary/aromatic N) is 5. The van der Waals surface area contributed by atoms with Gasteiger partial charge >= 0.3 is 0 Å². The molecule has 0 unspecified atom stereocenters. The number of amides is 1. The number of H-pyrrole nitrogens is 1. The first-order valence-electron chi connectivity index (χ1n) is 10.3. The van der Waals surface area contributed by atoms with Crippen molar-refractivity contribution in [3.63, 3.8) is 0 Å². The van der Waals surface area contributed by atoms with Crippen LogP contribution < -0.4 is 10.9 Å². The molecule has 2 N–H and O–H groups in total. The molecule has 0 aliphatic heterocycles. The van der Waals surface area contributed by atoms with Crippen LogP contribution in [0.4, 0.5) is 0 Å². The maximum atomic E-state index is 12.6. The molecule has 2 heterocycles. The predicted octanol–water partition coefficient (Wildman–Crippen LogP) is 2.13. The van der Waals surface area contributed by atoms with Crippen LogP contribution in [0.25, 0.3) is 22.5 Å². The summed E-state index contributed by atoms with van der Waals surface area (Å²) in [5.41, 5.74) is 4.19. The Kier molecular flexibility index (Phi) is 6.16. The maximum Gasteiger partial charge on any atom is 0.254 e. The zero-order chi connectivity index (χ0) is 22.5. The lowest BCUT2D eigenvalue weighted by molar-refractivity contribution is -0.120. The van der Waals surface area contributed by atoms with Gasteiger partial charge in [-0.2, -0.15) is 5.21 Å². The molecule has 0 radical (unpaired) electrons. The smallest absolute Gasteiger partial charge is 0.254 e. The molecule has 0 aliphatic rings. The minimum absolute atomic E-state index is 0.0565. The monoisotopic (exact) mass is 429 g/mol. The van der Waals surface area contributed by atoms with E-state index in [0.29, 0.717) is 30.4 Å². The minimum atomic E-state index is -0.177. The summed E-state index contributed by atoms with van der Waals surface area (Å²) in [6.07, 6.45) is 0.0565. The zero-order valence-corrected chi connectivity index (χ0v) is 17.9. The van der Waals surface area contributed by atoms with Gasteiger partial charge in [-0.1, -0.05) is 48.5 Å². The van der Waals surface area contributed by atoms with Crippen molar-refractivity contribution in [1.29, 1.82) is 0 Å². The van der Waals surface area contributed by atoms with E-state index in [9.17, 15) is 9.59 Å². The number of likely N-dealkylation sites (N-methyl/N-ethyl adjacent to an activating group) is 1. The molecule has 2 aromatic heterocycles. The predicted molar refractivity (Wildman–Crippen MR) is 120 cm³/mol. The van der Waals surface area contributed by atoms with Crippen molar-refractivity contribution in [2.45, 2.75) is 26.8 Å². The number of hydrogen-bond donors (Lipinski definition) is 2. The van der Waals surface area contributed by atoms with E-state index in [2.05, 4.69) is 30.9 Å². The summed E-state index contributed by atoms with van der Waals surface area (Å²) < 4.78 is 1.55. The molecule has 0 bridgehead atoms. The molecular formula is C23H23N7O2.